The third-order valence-corrected chi connectivity index (χ3v) is 11.0. The summed E-state index contributed by atoms with van der Waals surface area (Å²) in [5, 5.41) is 12.2. The first-order valence-electron chi connectivity index (χ1n) is 18.5. The van der Waals surface area contributed by atoms with E-state index < -0.39 is 0 Å². The van der Waals surface area contributed by atoms with Gasteiger partial charge in [0.05, 0.1) is 11.4 Å². The van der Waals surface area contributed by atoms with Crippen LogP contribution in [0.3, 0.4) is 0 Å². The summed E-state index contributed by atoms with van der Waals surface area (Å²) in [7, 11) is 0. The van der Waals surface area contributed by atoms with Crippen LogP contribution in [-0.4, -0.2) is 0 Å². The molecule has 0 aliphatic rings. The quantitative estimate of drug-likeness (QED) is 0.168. The van der Waals surface area contributed by atoms with Crippen molar-refractivity contribution >= 4 is 82.1 Å². The Labute approximate surface area is 312 Å². The van der Waals surface area contributed by atoms with Gasteiger partial charge >= 0.3 is 0 Å². The lowest BCUT2D eigenvalue weighted by atomic mass is 9.89. The molecular formula is C52H33NO. The summed E-state index contributed by atoms with van der Waals surface area (Å²) < 4.78 is 6.40. The Bertz CT molecular complexity index is 3230. The molecule has 252 valence electrons. The lowest BCUT2D eigenvalue weighted by Gasteiger charge is -2.30. The van der Waals surface area contributed by atoms with Gasteiger partial charge in [-0.25, -0.2) is 0 Å². The fourth-order valence-electron chi connectivity index (χ4n) is 8.59. The molecule has 0 spiro atoms. The van der Waals surface area contributed by atoms with Crippen molar-refractivity contribution in [2.45, 2.75) is 0 Å². The number of fused-ring (bicyclic) bond motifs is 11. The third-order valence-electron chi connectivity index (χ3n) is 11.0. The standard InChI is InChI=1S/C52H33NO/c1-2-15-35(16-3-1)39-18-8-11-23-47(39)53(38-28-26-34-14-4-5-17-36(34)32-38)48-24-12-9-19-40(48)37-27-29-42-41-20-6-7-21-43(41)51-44(46(42)33-37)30-31-50-52(51)45-22-10-13-25-49(45)54-50/h1-33H. The molecule has 10 aromatic carbocycles. The molecule has 2 heteroatoms. The Hall–Kier alpha value is -7.16. The van der Waals surface area contributed by atoms with Crippen LogP contribution >= 0.6 is 0 Å². The highest BCUT2D eigenvalue weighted by Gasteiger charge is 2.22. The van der Waals surface area contributed by atoms with E-state index in [1.54, 1.807) is 0 Å². The monoisotopic (exact) mass is 687 g/mol. The van der Waals surface area contributed by atoms with E-state index in [-0.39, 0.29) is 0 Å². The highest BCUT2D eigenvalue weighted by atomic mass is 16.3. The molecule has 0 radical (unpaired) electrons. The van der Waals surface area contributed by atoms with Crippen LogP contribution in [0.1, 0.15) is 0 Å². The average Bonchev–Trinajstić information content (AvgIpc) is 3.63. The van der Waals surface area contributed by atoms with Crippen LogP contribution in [0.15, 0.2) is 205 Å². The van der Waals surface area contributed by atoms with Crippen molar-refractivity contribution in [2.75, 3.05) is 4.90 Å². The third kappa shape index (κ3) is 4.74. The molecule has 0 saturated carbocycles. The van der Waals surface area contributed by atoms with Gasteiger partial charge < -0.3 is 9.32 Å². The van der Waals surface area contributed by atoms with Gasteiger partial charge in [-0.2, -0.15) is 0 Å². The zero-order chi connectivity index (χ0) is 35.6. The average molecular weight is 688 g/mol. The molecule has 0 saturated heterocycles. The van der Waals surface area contributed by atoms with E-state index in [2.05, 4.69) is 199 Å². The number of hydrogen-bond donors (Lipinski definition) is 0. The number of nitrogens with zero attached hydrogens (tertiary/aromatic N) is 1. The number of hydrogen-bond acceptors (Lipinski definition) is 2. The SMILES string of the molecule is c1ccc(-c2ccccc2N(c2ccc3ccccc3c2)c2ccccc2-c2ccc3c4ccccc4c4c(ccc5oc6ccccc6c54)c3c2)cc1. The summed E-state index contributed by atoms with van der Waals surface area (Å²) in [5.74, 6) is 0. The maximum Gasteiger partial charge on any atom is 0.136 e. The Morgan fingerprint density at radius 2 is 0.907 bits per heavy atom. The van der Waals surface area contributed by atoms with Gasteiger partial charge in [0, 0.05) is 33.0 Å². The Kier molecular flexibility index (Phi) is 6.90. The molecule has 2 nitrogen and oxygen atoms in total. The van der Waals surface area contributed by atoms with Crippen LogP contribution in [0.2, 0.25) is 0 Å². The molecule has 11 rings (SSSR count). The zero-order valence-corrected chi connectivity index (χ0v) is 29.4. The molecule has 0 aliphatic heterocycles. The minimum Gasteiger partial charge on any atom is -0.456 e. The second kappa shape index (κ2) is 12.2. The predicted octanol–water partition coefficient (Wildman–Crippen LogP) is 15.0. The van der Waals surface area contributed by atoms with Crippen molar-refractivity contribution in [1.82, 2.24) is 0 Å². The molecule has 0 aliphatic carbocycles. The number of rotatable bonds is 5. The van der Waals surface area contributed by atoms with Crippen molar-refractivity contribution in [3.05, 3.63) is 200 Å². The maximum atomic E-state index is 6.40. The van der Waals surface area contributed by atoms with Crippen molar-refractivity contribution in [3.8, 4) is 22.3 Å². The molecule has 0 bridgehead atoms. The highest BCUT2D eigenvalue weighted by molar-refractivity contribution is 6.34. The van der Waals surface area contributed by atoms with Crippen LogP contribution in [0.25, 0.3) is 87.3 Å². The van der Waals surface area contributed by atoms with Gasteiger partial charge in [0.1, 0.15) is 11.2 Å². The summed E-state index contributed by atoms with van der Waals surface area (Å²) in [6.45, 7) is 0. The Morgan fingerprint density at radius 3 is 1.72 bits per heavy atom. The van der Waals surface area contributed by atoms with Gasteiger partial charge in [0.25, 0.3) is 0 Å². The molecule has 54 heavy (non-hydrogen) atoms. The number of anilines is 3. The molecule has 0 fully saturated rings. The van der Waals surface area contributed by atoms with Gasteiger partial charge in [-0.1, -0.05) is 152 Å². The number of benzene rings is 10. The number of para-hydroxylation sites is 3. The fourth-order valence-corrected chi connectivity index (χ4v) is 8.59. The largest absolute Gasteiger partial charge is 0.456 e. The van der Waals surface area contributed by atoms with Crippen LogP contribution < -0.4 is 4.90 Å². The Balaban J connectivity index is 1.19. The summed E-state index contributed by atoms with van der Waals surface area (Å²) in [5.41, 5.74) is 9.85. The van der Waals surface area contributed by atoms with Crippen molar-refractivity contribution in [2.24, 2.45) is 0 Å². The van der Waals surface area contributed by atoms with Gasteiger partial charge in [0.15, 0.2) is 0 Å². The lowest BCUT2D eigenvalue weighted by molar-refractivity contribution is 0.669. The lowest BCUT2D eigenvalue weighted by Crippen LogP contribution is -2.12. The van der Waals surface area contributed by atoms with E-state index in [0.29, 0.717) is 0 Å². The molecule has 0 unspecified atom stereocenters. The van der Waals surface area contributed by atoms with Crippen LogP contribution in [0.4, 0.5) is 17.1 Å². The molecule has 1 aromatic heterocycles. The van der Waals surface area contributed by atoms with Gasteiger partial charge in [-0.15, -0.1) is 0 Å². The van der Waals surface area contributed by atoms with E-state index in [1.807, 2.05) is 6.07 Å². The second-order valence-electron chi connectivity index (χ2n) is 14.0. The molecule has 0 atom stereocenters. The summed E-state index contributed by atoms with van der Waals surface area (Å²) in [6.07, 6.45) is 0. The topological polar surface area (TPSA) is 16.4 Å². The molecule has 0 amide bonds. The normalized spacial score (nSPS) is 11.7. The minimum absolute atomic E-state index is 0.913. The van der Waals surface area contributed by atoms with Crippen LogP contribution in [0.5, 0.6) is 0 Å². The van der Waals surface area contributed by atoms with Crippen molar-refractivity contribution in [3.63, 3.8) is 0 Å². The summed E-state index contributed by atoms with van der Waals surface area (Å²) >= 11 is 0. The maximum absolute atomic E-state index is 6.40. The van der Waals surface area contributed by atoms with Crippen molar-refractivity contribution in [1.29, 1.82) is 0 Å². The minimum atomic E-state index is 0.913. The molecule has 0 N–H and O–H groups in total. The van der Waals surface area contributed by atoms with E-state index >= 15 is 0 Å². The predicted molar refractivity (Wildman–Crippen MR) is 229 cm³/mol. The molecule has 11 aromatic rings. The van der Waals surface area contributed by atoms with Gasteiger partial charge in [0.2, 0.25) is 0 Å². The van der Waals surface area contributed by atoms with E-state index in [4.69, 9.17) is 4.42 Å². The second-order valence-corrected chi connectivity index (χ2v) is 14.0. The first kappa shape index (κ1) is 30.5. The number of furan rings is 1. The van der Waals surface area contributed by atoms with Crippen LogP contribution in [-0.2, 0) is 0 Å². The van der Waals surface area contributed by atoms with Crippen LogP contribution in [0, 0.1) is 0 Å². The summed E-state index contributed by atoms with van der Waals surface area (Å²) in [4.78, 5) is 2.44. The molecular weight excluding hydrogens is 655 g/mol. The highest BCUT2D eigenvalue weighted by Crippen LogP contribution is 2.47. The first-order valence-corrected chi connectivity index (χ1v) is 18.5. The van der Waals surface area contributed by atoms with E-state index in [9.17, 15) is 0 Å². The van der Waals surface area contributed by atoms with E-state index in [0.717, 1.165) is 44.7 Å². The zero-order valence-electron chi connectivity index (χ0n) is 29.4. The van der Waals surface area contributed by atoms with E-state index in [1.165, 1.54) is 59.6 Å². The Morgan fingerprint density at radius 1 is 0.315 bits per heavy atom. The summed E-state index contributed by atoms with van der Waals surface area (Å²) in [6, 6.07) is 72.3. The fraction of sp³-hybridized carbons (Fsp3) is 0. The van der Waals surface area contributed by atoms with Gasteiger partial charge in [-0.05, 0) is 97.4 Å². The smallest absolute Gasteiger partial charge is 0.136 e. The molecule has 1 heterocycles. The van der Waals surface area contributed by atoms with Gasteiger partial charge in [-0.3, -0.25) is 0 Å². The first-order chi connectivity index (χ1) is 26.8. The van der Waals surface area contributed by atoms with Crippen molar-refractivity contribution < 1.29 is 4.42 Å².